The van der Waals surface area contributed by atoms with Gasteiger partial charge in [0.05, 0.1) is 0 Å². The van der Waals surface area contributed by atoms with E-state index in [4.69, 9.17) is 5.84 Å². The number of nitrogens with two attached hydrogens (primary N) is 1. The lowest BCUT2D eigenvalue weighted by Gasteiger charge is -2.16. The van der Waals surface area contributed by atoms with Gasteiger partial charge in [-0.15, -0.1) is 0 Å². The summed E-state index contributed by atoms with van der Waals surface area (Å²) in [7, 11) is 0. The van der Waals surface area contributed by atoms with Crippen LogP contribution in [0.15, 0.2) is 30.3 Å². The van der Waals surface area contributed by atoms with Crippen molar-refractivity contribution in [3.63, 3.8) is 0 Å². The van der Waals surface area contributed by atoms with Crippen LogP contribution in [0.1, 0.15) is 37.7 Å². The number of rotatable bonds is 6. The molecule has 0 aliphatic heterocycles. The smallest absolute Gasteiger partial charge is 0.0166 e. The summed E-state index contributed by atoms with van der Waals surface area (Å²) in [6, 6.07) is 10.6. The van der Waals surface area contributed by atoms with Crippen LogP contribution in [-0.2, 0) is 0 Å². The zero-order valence-electron chi connectivity index (χ0n) is 8.87. The Morgan fingerprint density at radius 2 is 2.00 bits per heavy atom. The number of hydrogen-bond acceptors (Lipinski definition) is 2. The molecule has 0 bridgehead atoms. The lowest BCUT2D eigenvalue weighted by atomic mass is 9.94. The van der Waals surface area contributed by atoms with Crippen LogP contribution >= 0.6 is 0 Å². The molecule has 1 atom stereocenters. The lowest BCUT2D eigenvalue weighted by molar-refractivity contribution is 0.539. The second kappa shape index (κ2) is 6.57. The minimum absolute atomic E-state index is 0.557. The Kier molecular flexibility index (Phi) is 5.27. The number of hydrogen-bond donors (Lipinski definition) is 2. The van der Waals surface area contributed by atoms with Crippen molar-refractivity contribution in [3.05, 3.63) is 35.9 Å². The molecular weight excluding hydrogens is 172 g/mol. The maximum absolute atomic E-state index is 5.39. The second-order valence-electron chi connectivity index (χ2n) is 3.66. The topological polar surface area (TPSA) is 38.0 Å². The highest BCUT2D eigenvalue weighted by Gasteiger charge is 2.08. The van der Waals surface area contributed by atoms with Crippen molar-refractivity contribution >= 4 is 0 Å². The standard InChI is InChI=1S/C12H20N2/c1-2-3-7-12(10-14-13)11-8-5-4-6-9-11/h4-6,8-9,12,14H,2-3,7,10,13H2,1H3/t12-/m1/s1. The average molecular weight is 192 g/mol. The molecular formula is C12H20N2. The number of unbranched alkanes of at least 4 members (excludes halogenated alkanes) is 1. The van der Waals surface area contributed by atoms with Gasteiger partial charge in [-0.1, -0.05) is 50.1 Å². The van der Waals surface area contributed by atoms with Gasteiger partial charge in [-0.05, 0) is 17.9 Å². The fourth-order valence-electron chi connectivity index (χ4n) is 1.70. The van der Waals surface area contributed by atoms with Gasteiger partial charge in [0.15, 0.2) is 0 Å². The molecule has 2 nitrogen and oxygen atoms in total. The summed E-state index contributed by atoms with van der Waals surface area (Å²) in [6.45, 7) is 3.09. The lowest BCUT2D eigenvalue weighted by Crippen LogP contribution is -2.27. The summed E-state index contributed by atoms with van der Waals surface area (Å²) < 4.78 is 0. The van der Waals surface area contributed by atoms with Crippen LogP contribution in [0.3, 0.4) is 0 Å². The molecule has 0 radical (unpaired) electrons. The Morgan fingerprint density at radius 3 is 2.57 bits per heavy atom. The minimum atomic E-state index is 0.557. The van der Waals surface area contributed by atoms with Crippen LogP contribution in [0.25, 0.3) is 0 Å². The molecule has 0 aliphatic carbocycles. The van der Waals surface area contributed by atoms with Crippen LogP contribution in [0.4, 0.5) is 0 Å². The third-order valence-electron chi connectivity index (χ3n) is 2.54. The van der Waals surface area contributed by atoms with Gasteiger partial charge in [0.1, 0.15) is 0 Å². The van der Waals surface area contributed by atoms with Crippen LogP contribution in [0.5, 0.6) is 0 Å². The predicted octanol–water partition coefficient (Wildman–Crippen LogP) is 2.42. The molecule has 0 unspecified atom stereocenters. The molecule has 0 fully saturated rings. The van der Waals surface area contributed by atoms with Crippen molar-refractivity contribution in [3.8, 4) is 0 Å². The summed E-state index contributed by atoms with van der Waals surface area (Å²) in [5.41, 5.74) is 4.16. The first-order valence-corrected chi connectivity index (χ1v) is 5.37. The van der Waals surface area contributed by atoms with E-state index in [2.05, 4.69) is 42.7 Å². The van der Waals surface area contributed by atoms with Crippen molar-refractivity contribution < 1.29 is 0 Å². The van der Waals surface area contributed by atoms with E-state index < -0.39 is 0 Å². The summed E-state index contributed by atoms with van der Waals surface area (Å²) in [5.74, 6) is 5.95. The van der Waals surface area contributed by atoms with E-state index in [1.165, 1.54) is 24.8 Å². The molecule has 2 heteroatoms. The molecule has 0 spiro atoms. The van der Waals surface area contributed by atoms with Gasteiger partial charge in [-0.25, -0.2) is 0 Å². The van der Waals surface area contributed by atoms with E-state index in [9.17, 15) is 0 Å². The molecule has 0 saturated carbocycles. The zero-order valence-corrected chi connectivity index (χ0v) is 8.87. The monoisotopic (exact) mass is 192 g/mol. The Bertz CT molecular complexity index is 233. The van der Waals surface area contributed by atoms with Crippen LogP contribution in [-0.4, -0.2) is 6.54 Å². The van der Waals surface area contributed by atoms with Gasteiger partial charge in [-0.2, -0.15) is 0 Å². The summed E-state index contributed by atoms with van der Waals surface area (Å²) in [4.78, 5) is 0. The molecule has 1 aromatic carbocycles. The van der Waals surface area contributed by atoms with E-state index in [-0.39, 0.29) is 0 Å². The molecule has 3 N–H and O–H groups in total. The van der Waals surface area contributed by atoms with E-state index in [1.54, 1.807) is 0 Å². The van der Waals surface area contributed by atoms with Gasteiger partial charge in [0.25, 0.3) is 0 Å². The van der Waals surface area contributed by atoms with Crippen molar-refractivity contribution in [1.29, 1.82) is 0 Å². The number of hydrazine groups is 1. The van der Waals surface area contributed by atoms with Crippen LogP contribution in [0, 0.1) is 0 Å². The molecule has 1 rings (SSSR count). The Morgan fingerprint density at radius 1 is 1.29 bits per heavy atom. The average Bonchev–Trinajstić information content (AvgIpc) is 2.25. The van der Waals surface area contributed by atoms with Gasteiger partial charge < -0.3 is 0 Å². The summed E-state index contributed by atoms with van der Waals surface area (Å²) in [5, 5.41) is 0. The first-order chi connectivity index (χ1) is 6.88. The third-order valence-corrected chi connectivity index (χ3v) is 2.54. The molecule has 0 aliphatic rings. The fourth-order valence-corrected chi connectivity index (χ4v) is 1.70. The molecule has 0 heterocycles. The number of benzene rings is 1. The SMILES string of the molecule is CCCC[C@H](CNN)c1ccccc1. The maximum atomic E-state index is 5.39. The van der Waals surface area contributed by atoms with Gasteiger partial charge in [0, 0.05) is 6.54 Å². The van der Waals surface area contributed by atoms with Crippen LogP contribution < -0.4 is 11.3 Å². The molecule has 78 valence electrons. The van der Waals surface area contributed by atoms with E-state index in [0.717, 1.165) is 6.54 Å². The highest BCUT2D eigenvalue weighted by Crippen LogP contribution is 2.20. The summed E-state index contributed by atoms with van der Waals surface area (Å²) >= 11 is 0. The van der Waals surface area contributed by atoms with Crippen molar-refractivity contribution in [2.45, 2.75) is 32.1 Å². The van der Waals surface area contributed by atoms with E-state index in [1.807, 2.05) is 0 Å². The Labute approximate surface area is 86.5 Å². The predicted molar refractivity (Wildman–Crippen MR) is 60.9 cm³/mol. The summed E-state index contributed by atoms with van der Waals surface area (Å²) in [6.07, 6.45) is 3.72. The third kappa shape index (κ3) is 3.48. The zero-order chi connectivity index (χ0) is 10.2. The highest BCUT2D eigenvalue weighted by molar-refractivity contribution is 5.19. The first kappa shape index (κ1) is 11.2. The number of nitrogens with one attached hydrogen (secondary N) is 1. The second-order valence-corrected chi connectivity index (χ2v) is 3.66. The Balaban J connectivity index is 2.58. The fraction of sp³-hybridized carbons (Fsp3) is 0.500. The highest BCUT2D eigenvalue weighted by atomic mass is 15.2. The first-order valence-electron chi connectivity index (χ1n) is 5.37. The minimum Gasteiger partial charge on any atom is -0.271 e. The molecule has 0 aromatic heterocycles. The normalized spacial score (nSPS) is 12.7. The van der Waals surface area contributed by atoms with E-state index >= 15 is 0 Å². The molecule has 1 aromatic rings. The van der Waals surface area contributed by atoms with Crippen molar-refractivity contribution in [2.75, 3.05) is 6.54 Å². The van der Waals surface area contributed by atoms with Gasteiger partial charge >= 0.3 is 0 Å². The molecule has 14 heavy (non-hydrogen) atoms. The van der Waals surface area contributed by atoms with Crippen molar-refractivity contribution in [1.82, 2.24) is 5.43 Å². The van der Waals surface area contributed by atoms with Gasteiger partial charge in [0.2, 0.25) is 0 Å². The maximum Gasteiger partial charge on any atom is 0.0166 e. The van der Waals surface area contributed by atoms with Gasteiger partial charge in [-0.3, -0.25) is 11.3 Å². The quantitative estimate of drug-likeness (QED) is 0.536. The van der Waals surface area contributed by atoms with Crippen molar-refractivity contribution in [2.24, 2.45) is 5.84 Å². The van der Waals surface area contributed by atoms with E-state index in [0.29, 0.717) is 5.92 Å². The largest absolute Gasteiger partial charge is 0.271 e. The molecule has 0 saturated heterocycles. The Hall–Kier alpha value is -0.860. The van der Waals surface area contributed by atoms with Crippen LogP contribution in [0.2, 0.25) is 0 Å². The molecule has 0 amide bonds.